The molecule has 1 heterocycles. The molecule has 0 unspecified atom stereocenters. The van der Waals surface area contributed by atoms with Crippen LogP contribution in [0.5, 0.6) is 0 Å². The molecule has 3 aliphatic rings. The molecule has 1 saturated carbocycles. The number of halogens is 2. The Morgan fingerprint density at radius 1 is 1.10 bits per heavy atom. The minimum absolute atomic E-state index is 0. The molecule has 3 atom stereocenters. The average Bonchev–Trinajstić information content (AvgIpc) is 2.43. The molecule has 1 saturated heterocycles. The normalized spacial score (nSPS) is 35.0. The van der Waals surface area contributed by atoms with Crippen molar-refractivity contribution in [3.8, 4) is 0 Å². The van der Waals surface area contributed by atoms with E-state index in [2.05, 4.69) is 36.2 Å². The number of rotatable bonds is 0. The molecule has 0 radical (unpaired) electrons. The summed E-state index contributed by atoms with van der Waals surface area (Å²) in [5.74, 6) is 0.930. The molecule has 4 rings (SSSR count). The van der Waals surface area contributed by atoms with Crippen LogP contribution >= 0.6 is 34.0 Å². The van der Waals surface area contributed by atoms with Crippen LogP contribution in [0.4, 0.5) is 0 Å². The highest BCUT2D eigenvalue weighted by atomic mass is 79.9. The van der Waals surface area contributed by atoms with E-state index >= 15 is 0 Å². The largest absolute Gasteiger partial charge is 0.303 e. The number of benzene rings is 1. The standard InChI is InChI=1S/C17H23N.2BrH/c1-18-11-10-17-9-5-4-8-15(17)16(18)12-13-6-2-3-7-14(13)17;;/h2-3,6-7,15-16H,4-5,8-12H2,1H3;2*1H/t15-,16+,17-;;/m0../s1. The average molecular weight is 403 g/mol. The summed E-state index contributed by atoms with van der Waals surface area (Å²) >= 11 is 0. The Labute approximate surface area is 143 Å². The van der Waals surface area contributed by atoms with Gasteiger partial charge in [-0.1, -0.05) is 37.1 Å². The fourth-order valence-electron chi connectivity index (χ4n) is 5.16. The zero-order chi connectivity index (χ0) is 12.2. The predicted octanol–water partition coefficient (Wildman–Crippen LogP) is 4.53. The summed E-state index contributed by atoms with van der Waals surface area (Å²) in [5.41, 5.74) is 3.91. The van der Waals surface area contributed by atoms with Gasteiger partial charge in [-0.2, -0.15) is 0 Å². The van der Waals surface area contributed by atoms with E-state index in [1.807, 2.05) is 0 Å². The van der Waals surface area contributed by atoms with Gasteiger partial charge in [0.05, 0.1) is 0 Å². The van der Waals surface area contributed by atoms with Gasteiger partial charge in [-0.25, -0.2) is 0 Å². The van der Waals surface area contributed by atoms with E-state index in [4.69, 9.17) is 0 Å². The zero-order valence-electron chi connectivity index (χ0n) is 12.2. The van der Waals surface area contributed by atoms with Crippen LogP contribution in [0.3, 0.4) is 0 Å². The number of likely N-dealkylation sites (N-methyl/N-ethyl adjacent to an activating group) is 1. The van der Waals surface area contributed by atoms with Gasteiger partial charge in [0.25, 0.3) is 0 Å². The summed E-state index contributed by atoms with van der Waals surface area (Å²) in [5, 5.41) is 0. The Bertz CT molecular complexity index is 476. The van der Waals surface area contributed by atoms with Crippen LogP contribution in [-0.2, 0) is 11.8 Å². The van der Waals surface area contributed by atoms with Crippen molar-refractivity contribution in [3.05, 3.63) is 35.4 Å². The van der Waals surface area contributed by atoms with E-state index in [0.717, 1.165) is 12.0 Å². The van der Waals surface area contributed by atoms with Gasteiger partial charge in [0.2, 0.25) is 0 Å². The summed E-state index contributed by atoms with van der Waals surface area (Å²) in [4.78, 5) is 2.64. The summed E-state index contributed by atoms with van der Waals surface area (Å²) in [7, 11) is 2.34. The Balaban J connectivity index is 0.000000735. The molecule has 2 aliphatic carbocycles. The van der Waals surface area contributed by atoms with Crippen LogP contribution in [0.1, 0.15) is 43.2 Å². The van der Waals surface area contributed by atoms with Crippen molar-refractivity contribution in [1.82, 2.24) is 4.90 Å². The monoisotopic (exact) mass is 401 g/mol. The lowest BCUT2D eigenvalue weighted by atomic mass is 9.52. The SMILES string of the molecule is Br.Br.CN1CC[C@]23CCCC[C@H]2[C@H]1Cc1ccccc13. The van der Waals surface area contributed by atoms with Gasteiger partial charge in [0, 0.05) is 11.5 Å². The third kappa shape index (κ3) is 2.21. The van der Waals surface area contributed by atoms with Gasteiger partial charge in [0.15, 0.2) is 0 Å². The lowest BCUT2D eigenvalue weighted by Crippen LogP contribution is -2.59. The number of nitrogens with zero attached hydrogens (tertiary/aromatic N) is 1. The van der Waals surface area contributed by atoms with Gasteiger partial charge in [0.1, 0.15) is 0 Å². The van der Waals surface area contributed by atoms with E-state index < -0.39 is 0 Å². The van der Waals surface area contributed by atoms with Gasteiger partial charge in [-0.05, 0) is 56.3 Å². The molecule has 112 valence electrons. The van der Waals surface area contributed by atoms with Crippen molar-refractivity contribution in [2.24, 2.45) is 5.92 Å². The fraction of sp³-hybridized carbons (Fsp3) is 0.647. The van der Waals surface area contributed by atoms with Gasteiger partial charge in [-0.15, -0.1) is 34.0 Å². The molecule has 3 heteroatoms. The van der Waals surface area contributed by atoms with Crippen LogP contribution in [0.25, 0.3) is 0 Å². The number of fused-ring (bicyclic) bond motifs is 1. The van der Waals surface area contributed by atoms with E-state index in [0.29, 0.717) is 5.41 Å². The smallest absolute Gasteiger partial charge is 0.0169 e. The van der Waals surface area contributed by atoms with Crippen molar-refractivity contribution in [2.75, 3.05) is 13.6 Å². The Morgan fingerprint density at radius 2 is 1.90 bits per heavy atom. The van der Waals surface area contributed by atoms with E-state index in [1.165, 1.54) is 45.1 Å². The molecule has 0 amide bonds. The lowest BCUT2D eigenvalue weighted by molar-refractivity contribution is 0.00286. The quantitative estimate of drug-likeness (QED) is 0.616. The summed E-state index contributed by atoms with van der Waals surface area (Å²) in [6, 6.07) is 10.1. The first-order valence-electron chi connectivity index (χ1n) is 7.60. The molecule has 2 bridgehead atoms. The summed E-state index contributed by atoms with van der Waals surface area (Å²) < 4.78 is 0. The maximum Gasteiger partial charge on any atom is 0.0169 e. The van der Waals surface area contributed by atoms with Gasteiger partial charge >= 0.3 is 0 Å². The van der Waals surface area contributed by atoms with Crippen LogP contribution < -0.4 is 0 Å². The van der Waals surface area contributed by atoms with Crippen LogP contribution in [0.2, 0.25) is 0 Å². The first-order valence-corrected chi connectivity index (χ1v) is 7.60. The second kappa shape index (κ2) is 6.10. The van der Waals surface area contributed by atoms with E-state index in [1.54, 1.807) is 11.1 Å². The van der Waals surface area contributed by atoms with Crippen LogP contribution in [-0.4, -0.2) is 24.5 Å². The van der Waals surface area contributed by atoms with Crippen molar-refractivity contribution in [1.29, 1.82) is 0 Å². The van der Waals surface area contributed by atoms with Crippen molar-refractivity contribution in [2.45, 2.75) is 50.0 Å². The van der Waals surface area contributed by atoms with Crippen molar-refractivity contribution < 1.29 is 0 Å². The van der Waals surface area contributed by atoms with E-state index in [-0.39, 0.29) is 34.0 Å². The minimum Gasteiger partial charge on any atom is -0.303 e. The molecule has 1 aromatic rings. The molecule has 0 spiro atoms. The highest BCUT2D eigenvalue weighted by molar-refractivity contribution is 8.93. The molecule has 2 fully saturated rings. The molecular formula is C17H25Br2N. The highest BCUT2D eigenvalue weighted by Gasteiger charge is 2.52. The van der Waals surface area contributed by atoms with Crippen LogP contribution in [0.15, 0.2) is 24.3 Å². The molecule has 1 aromatic carbocycles. The topological polar surface area (TPSA) is 3.24 Å². The molecule has 1 aliphatic heterocycles. The fourth-order valence-corrected chi connectivity index (χ4v) is 5.16. The van der Waals surface area contributed by atoms with Crippen molar-refractivity contribution >= 4 is 34.0 Å². The number of likely N-dealkylation sites (tertiary alicyclic amines) is 1. The molecule has 0 aromatic heterocycles. The minimum atomic E-state index is 0. The first-order chi connectivity index (χ1) is 8.81. The van der Waals surface area contributed by atoms with Crippen LogP contribution in [0, 0.1) is 5.92 Å². The molecule has 20 heavy (non-hydrogen) atoms. The third-order valence-corrected chi connectivity index (χ3v) is 6.02. The molecule has 0 N–H and O–H groups in total. The Kier molecular flexibility index (Phi) is 5.03. The number of hydrogen-bond donors (Lipinski definition) is 0. The van der Waals surface area contributed by atoms with Gasteiger partial charge in [-0.3, -0.25) is 0 Å². The van der Waals surface area contributed by atoms with Crippen molar-refractivity contribution in [3.63, 3.8) is 0 Å². The van der Waals surface area contributed by atoms with E-state index in [9.17, 15) is 0 Å². The third-order valence-electron chi connectivity index (χ3n) is 6.02. The highest BCUT2D eigenvalue weighted by Crippen LogP contribution is 2.55. The lowest BCUT2D eigenvalue weighted by Gasteiger charge is -2.58. The second-order valence-corrected chi connectivity index (χ2v) is 6.67. The first kappa shape index (κ1) is 16.5. The number of hydrogen-bond acceptors (Lipinski definition) is 1. The second-order valence-electron chi connectivity index (χ2n) is 6.67. The van der Waals surface area contributed by atoms with Gasteiger partial charge < -0.3 is 4.90 Å². The Hall–Kier alpha value is 0.140. The number of piperidine rings is 1. The zero-order valence-corrected chi connectivity index (χ0v) is 15.6. The Morgan fingerprint density at radius 3 is 2.75 bits per heavy atom. The summed E-state index contributed by atoms with van der Waals surface area (Å²) in [6.45, 7) is 1.30. The predicted molar refractivity (Wildman–Crippen MR) is 95.5 cm³/mol. The maximum absolute atomic E-state index is 2.64. The summed E-state index contributed by atoms with van der Waals surface area (Å²) in [6.07, 6.45) is 8.49. The maximum atomic E-state index is 2.64. The molecular weight excluding hydrogens is 378 g/mol. The molecule has 1 nitrogen and oxygen atoms in total.